The van der Waals surface area contributed by atoms with Gasteiger partial charge in [0.15, 0.2) is 0 Å². The number of rotatable bonds is 4. The zero-order valence-corrected chi connectivity index (χ0v) is 12.8. The van der Waals surface area contributed by atoms with Crippen LogP contribution in [0.1, 0.15) is 29.7 Å². The highest BCUT2D eigenvalue weighted by Gasteiger charge is 2.06. The SMILES string of the molecule is CSc1ccc(C(C)Nc2ccc(C)cc2C)cc1. The molecule has 0 aliphatic carbocycles. The standard InChI is InChI=1S/C17H21NS/c1-12-5-10-17(13(2)11-12)18-14(3)15-6-8-16(19-4)9-7-15/h5-11,14,18H,1-4H3. The Morgan fingerprint density at radius 3 is 2.26 bits per heavy atom. The van der Waals surface area contributed by atoms with E-state index in [-0.39, 0.29) is 0 Å². The Kier molecular flexibility index (Phi) is 4.54. The highest BCUT2D eigenvalue weighted by Crippen LogP contribution is 2.24. The van der Waals surface area contributed by atoms with Gasteiger partial charge in [0.05, 0.1) is 0 Å². The molecule has 0 saturated heterocycles. The summed E-state index contributed by atoms with van der Waals surface area (Å²) in [4.78, 5) is 1.31. The summed E-state index contributed by atoms with van der Waals surface area (Å²) in [7, 11) is 0. The predicted molar refractivity (Wildman–Crippen MR) is 86.2 cm³/mol. The summed E-state index contributed by atoms with van der Waals surface area (Å²) < 4.78 is 0. The lowest BCUT2D eigenvalue weighted by Crippen LogP contribution is -2.07. The van der Waals surface area contributed by atoms with Crippen LogP contribution in [-0.4, -0.2) is 6.26 Å². The van der Waals surface area contributed by atoms with Crippen molar-refractivity contribution < 1.29 is 0 Å². The van der Waals surface area contributed by atoms with E-state index < -0.39 is 0 Å². The molecule has 2 rings (SSSR count). The van der Waals surface area contributed by atoms with Gasteiger partial charge in [-0.2, -0.15) is 0 Å². The molecule has 1 nitrogen and oxygen atoms in total. The summed E-state index contributed by atoms with van der Waals surface area (Å²) in [6, 6.07) is 15.6. The largest absolute Gasteiger partial charge is 0.378 e. The van der Waals surface area contributed by atoms with E-state index in [9.17, 15) is 0 Å². The molecule has 1 unspecified atom stereocenters. The highest BCUT2D eigenvalue weighted by atomic mass is 32.2. The van der Waals surface area contributed by atoms with Crippen molar-refractivity contribution in [3.63, 3.8) is 0 Å². The number of benzene rings is 2. The predicted octanol–water partition coefficient (Wildman–Crippen LogP) is 5.20. The van der Waals surface area contributed by atoms with E-state index in [4.69, 9.17) is 0 Å². The molecule has 2 aromatic carbocycles. The molecule has 100 valence electrons. The summed E-state index contributed by atoms with van der Waals surface area (Å²) >= 11 is 1.78. The fourth-order valence-corrected chi connectivity index (χ4v) is 2.59. The Balaban J connectivity index is 2.13. The van der Waals surface area contributed by atoms with Gasteiger partial charge < -0.3 is 5.32 Å². The molecule has 0 bridgehead atoms. The maximum Gasteiger partial charge on any atom is 0.0485 e. The molecule has 0 aromatic heterocycles. The van der Waals surface area contributed by atoms with Crippen LogP contribution in [0.15, 0.2) is 47.4 Å². The Bertz CT molecular complexity index is 546. The van der Waals surface area contributed by atoms with E-state index in [0.29, 0.717) is 6.04 Å². The Morgan fingerprint density at radius 2 is 1.68 bits per heavy atom. The molecular weight excluding hydrogens is 250 g/mol. The molecule has 1 atom stereocenters. The molecular formula is C17H21NS. The number of hydrogen-bond donors (Lipinski definition) is 1. The first-order valence-corrected chi connectivity index (χ1v) is 7.80. The maximum absolute atomic E-state index is 3.58. The number of hydrogen-bond acceptors (Lipinski definition) is 2. The first kappa shape index (κ1) is 14.0. The van der Waals surface area contributed by atoms with Gasteiger partial charge >= 0.3 is 0 Å². The van der Waals surface area contributed by atoms with Crippen LogP contribution >= 0.6 is 11.8 Å². The zero-order valence-electron chi connectivity index (χ0n) is 12.0. The van der Waals surface area contributed by atoms with Crippen molar-refractivity contribution in [2.75, 3.05) is 11.6 Å². The fourth-order valence-electron chi connectivity index (χ4n) is 2.18. The minimum Gasteiger partial charge on any atom is -0.378 e. The van der Waals surface area contributed by atoms with Gasteiger partial charge in [-0.25, -0.2) is 0 Å². The van der Waals surface area contributed by atoms with Crippen molar-refractivity contribution >= 4 is 17.4 Å². The molecule has 0 saturated carbocycles. The topological polar surface area (TPSA) is 12.0 Å². The molecule has 0 aliphatic heterocycles. The third kappa shape index (κ3) is 3.54. The van der Waals surface area contributed by atoms with Crippen molar-refractivity contribution in [1.29, 1.82) is 0 Å². The average molecular weight is 271 g/mol. The summed E-state index contributed by atoms with van der Waals surface area (Å²) in [6.07, 6.45) is 2.10. The van der Waals surface area contributed by atoms with E-state index in [1.54, 1.807) is 11.8 Å². The van der Waals surface area contributed by atoms with Crippen LogP contribution in [0.25, 0.3) is 0 Å². The van der Waals surface area contributed by atoms with E-state index in [2.05, 4.69) is 74.8 Å². The van der Waals surface area contributed by atoms with E-state index in [1.165, 1.54) is 27.3 Å². The monoisotopic (exact) mass is 271 g/mol. The quantitative estimate of drug-likeness (QED) is 0.767. The Hall–Kier alpha value is -1.41. The summed E-state index contributed by atoms with van der Waals surface area (Å²) in [5, 5.41) is 3.58. The minimum atomic E-state index is 0.317. The molecule has 0 heterocycles. The van der Waals surface area contributed by atoms with E-state index in [0.717, 1.165) is 0 Å². The van der Waals surface area contributed by atoms with Gasteiger partial charge in [0.25, 0.3) is 0 Å². The van der Waals surface area contributed by atoms with Crippen LogP contribution in [0.5, 0.6) is 0 Å². The van der Waals surface area contributed by atoms with Crippen LogP contribution in [0.4, 0.5) is 5.69 Å². The first-order valence-electron chi connectivity index (χ1n) is 6.58. The van der Waals surface area contributed by atoms with Gasteiger partial charge in [0.1, 0.15) is 0 Å². The molecule has 0 amide bonds. The van der Waals surface area contributed by atoms with Gasteiger partial charge in [0.2, 0.25) is 0 Å². The third-order valence-corrected chi connectivity index (χ3v) is 4.11. The Morgan fingerprint density at radius 1 is 1.00 bits per heavy atom. The van der Waals surface area contributed by atoms with Gasteiger partial charge in [-0.05, 0) is 56.4 Å². The summed E-state index contributed by atoms with van der Waals surface area (Å²) in [6.45, 7) is 6.48. The Labute approximate surface area is 120 Å². The van der Waals surface area contributed by atoms with Gasteiger partial charge in [-0.3, -0.25) is 0 Å². The molecule has 0 radical (unpaired) electrons. The van der Waals surface area contributed by atoms with Crippen LogP contribution in [0, 0.1) is 13.8 Å². The minimum absolute atomic E-state index is 0.317. The average Bonchev–Trinajstić information content (AvgIpc) is 2.42. The summed E-state index contributed by atoms with van der Waals surface area (Å²) in [5.74, 6) is 0. The van der Waals surface area contributed by atoms with E-state index >= 15 is 0 Å². The van der Waals surface area contributed by atoms with Gasteiger partial charge in [-0.15, -0.1) is 11.8 Å². The highest BCUT2D eigenvalue weighted by molar-refractivity contribution is 7.98. The second kappa shape index (κ2) is 6.16. The first-order chi connectivity index (χ1) is 9.10. The maximum atomic E-state index is 3.58. The van der Waals surface area contributed by atoms with Gasteiger partial charge in [-0.1, -0.05) is 29.8 Å². The normalized spacial score (nSPS) is 12.2. The lowest BCUT2D eigenvalue weighted by atomic mass is 10.1. The van der Waals surface area contributed by atoms with Crippen molar-refractivity contribution in [3.05, 3.63) is 59.2 Å². The van der Waals surface area contributed by atoms with Crippen LogP contribution in [0.3, 0.4) is 0 Å². The second-order valence-electron chi connectivity index (χ2n) is 4.96. The van der Waals surface area contributed by atoms with Crippen LogP contribution in [-0.2, 0) is 0 Å². The molecule has 2 aromatic rings. The molecule has 0 aliphatic rings. The van der Waals surface area contributed by atoms with Crippen molar-refractivity contribution in [1.82, 2.24) is 0 Å². The zero-order chi connectivity index (χ0) is 13.8. The molecule has 2 heteroatoms. The molecule has 0 fully saturated rings. The number of thioether (sulfide) groups is 1. The second-order valence-corrected chi connectivity index (χ2v) is 5.84. The summed E-state index contributed by atoms with van der Waals surface area (Å²) in [5.41, 5.74) is 5.14. The van der Waals surface area contributed by atoms with Crippen molar-refractivity contribution in [3.8, 4) is 0 Å². The van der Waals surface area contributed by atoms with Crippen LogP contribution in [0.2, 0.25) is 0 Å². The molecule has 1 N–H and O–H groups in total. The third-order valence-electron chi connectivity index (χ3n) is 3.37. The van der Waals surface area contributed by atoms with Crippen molar-refractivity contribution in [2.24, 2.45) is 0 Å². The molecule has 19 heavy (non-hydrogen) atoms. The fraction of sp³-hybridized carbons (Fsp3) is 0.294. The molecule has 0 spiro atoms. The lowest BCUT2D eigenvalue weighted by molar-refractivity contribution is 0.880. The number of aryl methyl sites for hydroxylation is 2. The lowest BCUT2D eigenvalue weighted by Gasteiger charge is -2.18. The van der Waals surface area contributed by atoms with Crippen LogP contribution < -0.4 is 5.32 Å². The van der Waals surface area contributed by atoms with Crippen molar-refractivity contribution in [2.45, 2.75) is 31.7 Å². The number of nitrogens with one attached hydrogen (secondary N) is 1. The number of anilines is 1. The van der Waals surface area contributed by atoms with E-state index in [1.807, 2.05) is 0 Å². The van der Waals surface area contributed by atoms with Gasteiger partial charge in [0, 0.05) is 16.6 Å². The smallest absolute Gasteiger partial charge is 0.0485 e.